The molecule has 0 fully saturated rings. The normalized spacial score (nSPS) is 11.4. The molecule has 0 aromatic heterocycles. The van der Waals surface area contributed by atoms with Crippen LogP contribution in [0.25, 0.3) is 0 Å². The average Bonchev–Trinajstić information content (AvgIpc) is 2.36. The molecule has 0 saturated carbocycles. The summed E-state index contributed by atoms with van der Waals surface area (Å²) in [5, 5.41) is 0. The summed E-state index contributed by atoms with van der Waals surface area (Å²) in [5.41, 5.74) is 6.46. The van der Waals surface area contributed by atoms with Crippen molar-refractivity contribution in [3.05, 3.63) is 33.4 Å². The highest BCUT2D eigenvalue weighted by Crippen LogP contribution is 2.19. The molecule has 0 saturated heterocycles. The molecule has 100 valence electrons. The molecule has 1 aromatic carbocycles. The van der Waals surface area contributed by atoms with Crippen LogP contribution >= 0.6 is 22.6 Å². The van der Waals surface area contributed by atoms with Gasteiger partial charge < -0.3 is 10.6 Å². The highest BCUT2D eigenvalue weighted by atomic mass is 127. The lowest BCUT2D eigenvalue weighted by molar-refractivity contribution is 0.0700. The number of hydrogen-bond acceptors (Lipinski definition) is 2. The molecule has 1 aromatic rings. The van der Waals surface area contributed by atoms with Crippen molar-refractivity contribution in [3.8, 4) is 0 Å². The molecule has 3 nitrogen and oxygen atoms in total. The quantitative estimate of drug-likeness (QED) is 0.821. The van der Waals surface area contributed by atoms with Gasteiger partial charge in [0.2, 0.25) is 0 Å². The van der Waals surface area contributed by atoms with Gasteiger partial charge in [-0.1, -0.05) is 26.0 Å². The zero-order chi connectivity index (χ0) is 13.8. The van der Waals surface area contributed by atoms with E-state index in [2.05, 4.69) is 36.4 Å². The SMILES string of the molecule is CCN(CC(C)(C)CN)C(=O)c1ccccc1I. The van der Waals surface area contributed by atoms with E-state index in [0.29, 0.717) is 19.6 Å². The minimum Gasteiger partial charge on any atom is -0.338 e. The summed E-state index contributed by atoms with van der Waals surface area (Å²) in [4.78, 5) is 14.3. The predicted molar refractivity (Wildman–Crippen MR) is 83.6 cm³/mol. The molecule has 0 aliphatic rings. The van der Waals surface area contributed by atoms with Crippen molar-refractivity contribution in [2.24, 2.45) is 11.1 Å². The van der Waals surface area contributed by atoms with E-state index in [1.807, 2.05) is 36.1 Å². The molecular weight excluding hydrogens is 339 g/mol. The second kappa shape index (κ2) is 6.52. The third-order valence-electron chi connectivity index (χ3n) is 2.94. The van der Waals surface area contributed by atoms with Gasteiger partial charge in [-0.25, -0.2) is 0 Å². The smallest absolute Gasteiger partial charge is 0.254 e. The van der Waals surface area contributed by atoms with Crippen LogP contribution in [-0.2, 0) is 0 Å². The zero-order valence-corrected chi connectivity index (χ0v) is 13.4. The van der Waals surface area contributed by atoms with Gasteiger partial charge in [-0.05, 0) is 53.6 Å². The molecule has 0 spiro atoms. The standard InChI is InChI=1S/C14H21IN2O/c1-4-17(10-14(2,3)9-16)13(18)11-7-5-6-8-12(11)15/h5-8H,4,9-10,16H2,1-3H3. The van der Waals surface area contributed by atoms with Crippen molar-refractivity contribution in [2.75, 3.05) is 19.6 Å². The molecule has 0 heterocycles. The Morgan fingerprint density at radius 3 is 2.50 bits per heavy atom. The Bertz CT molecular complexity index is 418. The lowest BCUT2D eigenvalue weighted by Gasteiger charge is -2.31. The van der Waals surface area contributed by atoms with E-state index < -0.39 is 0 Å². The first-order valence-electron chi connectivity index (χ1n) is 6.15. The zero-order valence-electron chi connectivity index (χ0n) is 11.2. The maximum Gasteiger partial charge on any atom is 0.254 e. The van der Waals surface area contributed by atoms with E-state index in [4.69, 9.17) is 5.73 Å². The molecule has 18 heavy (non-hydrogen) atoms. The first-order chi connectivity index (χ1) is 8.41. The number of carbonyl (C=O) groups is 1. The number of rotatable bonds is 5. The maximum absolute atomic E-state index is 12.5. The van der Waals surface area contributed by atoms with E-state index in [1.165, 1.54) is 0 Å². The van der Waals surface area contributed by atoms with Crippen LogP contribution in [0.3, 0.4) is 0 Å². The highest BCUT2D eigenvalue weighted by molar-refractivity contribution is 14.1. The summed E-state index contributed by atoms with van der Waals surface area (Å²) in [5.74, 6) is 0.0871. The molecule has 0 aliphatic heterocycles. The number of nitrogens with two attached hydrogens (primary N) is 1. The summed E-state index contributed by atoms with van der Waals surface area (Å²) in [6.45, 7) is 8.12. The van der Waals surface area contributed by atoms with Gasteiger partial charge in [-0.3, -0.25) is 4.79 Å². The van der Waals surface area contributed by atoms with Gasteiger partial charge in [0.1, 0.15) is 0 Å². The Labute approximate surface area is 123 Å². The number of hydrogen-bond donors (Lipinski definition) is 1. The summed E-state index contributed by atoms with van der Waals surface area (Å²) in [6.07, 6.45) is 0. The Morgan fingerprint density at radius 2 is 2.00 bits per heavy atom. The number of amides is 1. The molecule has 0 unspecified atom stereocenters. The fourth-order valence-corrected chi connectivity index (χ4v) is 2.33. The van der Waals surface area contributed by atoms with Crippen molar-refractivity contribution >= 4 is 28.5 Å². The number of nitrogens with zero attached hydrogens (tertiary/aromatic N) is 1. The molecule has 4 heteroatoms. The van der Waals surface area contributed by atoms with Crippen molar-refractivity contribution in [3.63, 3.8) is 0 Å². The molecule has 0 atom stereocenters. The second-order valence-electron chi connectivity index (χ2n) is 5.17. The van der Waals surface area contributed by atoms with Crippen LogP contribution in [0.15, 0.2) is 24.3 Å². The molecule has 0 radical (unpaired) electrons. The third kappa shape index (κ3) is 3.95. The van der Waals surface area contributed by atoms with Gasteiger partial charge in [-0.15, -0.1) is 0 Å². The fourth-order valence-electron chi connectivity index (χ4n) is 1.71. The average molecular weight is 360 g/mol. The van der Waals surface area contributed by atoms with Gasteiger partial charge >= 0.3 is 0 Å². The van der Waals surface area contributed by atoms with Crippen LogP contribution in [-0.4, -0.2) is 30.4 Å². The molecular formula is C14H21IN2O. The summed E-state index contributed by atoms with van der Waals surface area (Å²) in [6, 6.07) is 7.67. The number of halogens is 1. The number of benzene rings is 1. The van der Waals surface area contributed by atoms with Crippen LogP contribution in [0.1, 0.15) is 31.1 Å². The van der Waals surface area contributed by atoms with Crippen LogP contribution in [0.2, 0.25) is 0 Å². The Morgan fingerprint density at radius 1 is 1.39 bits per heavy atom. The fraction of sp³-hybridized carbons (Fsp3) is 0.500. The van der Waals surface area contributed by atoms with E-state index in [9.17, 15) is 4.79 Å². The van der Waals surface area contributed by atoms with Gasteiger partial charge in [-0.2, -0.15) is 0 Å². The van der Waals surface area contributed by atoms with Crippen LogP contribution in [0, 0.1) is 8.99 Å². The summed E-state index contributed by atoms with van der Waals surface area (Å²) >= 11 is 2.20. The van der Waals surface area contributed by atoms with Crippen LogP contribution in [0.4, 0.5) is 0 Å². The highest BCUT2D eigenvalue weighted by Gasteiger charge is 2.24. The second-order valence-corrected chi connectivity index (χ2v) is 6.33. The van der Waals surface area contributed by atoms with Crippen molar-refractivity contribution in [1.29, 1.82) is 0 Å². The van der Waals surface area contributed by atoms with E-state index >= 15 is 0 Å². The van der Waals surface area contributed by atoms with Crippen molar-refractivity contribution < 1.29 is 4.79 Å². The van der Waals surface area contributed by atoms with Gasteiger partial charge in [0.05, 0.1) is 5.56 Å². The Kier molecular flexibility index (Phi) is 5.59. The largest absolute Gasteiger partial charge is 0.338 e. The Balaban J connectivity index is 2.90. The van der Waals surface area contributed by atoms with Crippen molar-refractivity contribution in [1.82, 2.24) is 4.90 Å². The van der Waals surface area contributed by atoms with E-state index in [0.717, 1.165) is 9.13 Å². The van der Waals surface area contributed by atoms with Gasteiger partial charge in [0.25, 0.3) is 5.91 Å². The Hall–Kier alpha value is -0.620. The topological polar surface area (TPSA) is 46.3 Å². The minimum atomic E-state index is -0.0497. The monoisotopic (exact) mass is 360 g/mol. The van der Waals surface area contributed by atoms with Gasteiger partial charge in [0.15, 0.2) is 0 Å². The molecule has 2 N–H and O–H groups in total. The number of carbonyl (C=O) groups excluding carboxylic acids is 1. The lowest BCUT2D eigenvalue weighted by atomic mass is 9.93. The third-order valence-corrected chi connectivity index (χ3v) is 3.89. The molecule has 0 aliphatic carbocycles. The summed E-state index contributed by atoms with van der Waals surface area (Å²) < 4.78 is 0.990. The van der Waals surface area contributed by atoms with Crippen LogP contribution in [0.5, 0.6) is 0 Å². The summed E-state index contributed by atoms with van der Waals surface area (Å²) in [7, 11) is 0. The molecule has 1 amide bonds. The van der Waals surface area contributed by atoms with Crippen LogP contribution < -0.4 is 5.73 Å². The van der Waals surface area contributed by atoms with Gasteiger partial charge in [0, 0.05) is 16.7 Å². The minimum absolute atomic E-state index is 0.0497. The predicted octanol–water partition coefficient (Wildman–Crippen LogP) is 2.74. The first kappa shape index (κ1) is 15.4. The van der Waals surface area contributed by atoms with E-state index in [1.54, 1.807) is 0 Å². The van der Waals surface area contributed by atoms with E-state index in [-0.39, 0.29) is 11.3 Å². The molecule has 0 bridgehead atoms. The molecule has 1 rings (SSSR count). The van der Waals surface area contributed by atoms with Crippen molar-refractivity contribution in [2.45, 2.75) is 20.8 Å². The lowest BCUT2D eigenvalue weighted by Crippen LogP contribution is -2.42. The maximum atomic E-state index is 12.5. The first-order valence-corrected chi connectivity index (χ1v) is 7.23.